The Morgan fingerprint density at radius 2 is 2.00 bits per heavy atom. The van der Waals surface area contributed by atoms with E-state index in [1.807, 2.05) is 0 Å². The summed E-state index contributed by atoms with van der Waals surface area (Å²) in [5, 5.41) is 2.38. The molecule has 1 aromatic carbocycles. The molecule has 0 saturated carbocycles. The lowest BCUT2D eigenvalue weighted by molar-refractivity contribution is 0.0535. The molecule has 0 radical (unpaired) electrons. The Hall–Kier alpha value is -2.29. The normalized spacial score (nSPS) is 10.4. The minimum atomic E-state index is -0.740. The summed E-state index contributed by atoms with van der Waals surface area (Å²) in [7, 11) is 0. The van der Waals surface area contributed by atoms with Gasteiger partial charge in [-0.25, -0.2) is 13.6 Å². The fourth-order valence-electron chi connectivity index (χ4n) is 1.23. The monoisotopic (exact) mass is 282 g/mol. The molecule has 3 N–H and O–H groups in total. The Morgan fingerprint density at radius 1 is 1.35 bits per heavy atom. The zero-order valence-electron chi connectivity index (χ0n) is 11.5. The van der Waals surface area contributed by atoms with Crippen LogP contribution in [0.3, 0.4) is 0 Å². The molecule has 0 unspecified atom stereocenters. The van der Waals surface area contributed by atoms with Crippen LogP contribution >= 0.6 is 0 Å². The first-order valence-corrected chi connectivity index (χ1v) is 5.89. The summed E-state index contributed by atoms with van der Waals surface area (Å²) >= 11 is 0. The number of benzene rings is 1. The van der Waals surface area contributed by atoms with Crippen molar-refractivity contribution in [2.45, 2.75) is 26.4 Å². The maximum absolute atomic E-state index is 13.4. The highest BCUT2D eigenvalue weighted by Crippen LogP contribution is 2.15. The zero-order chi connectivity index (χ0) is 15.3. The van der Waals surface area contributed by atoms with Gasteiger partial charge < -0.3 is 15.8 Å². The van der Waals surface area contributed by atoms with Gasteiger partial charge in [0.1, 0.15) is 17.2 Å². The fourth-order valence-corrected chi connectivity index (χ4v) is 1.23. The number of hydrogen-bond acceptors (Lipinski definition) is 3. The molecule has 4 nitrogen and oxygen atoms in total. The average molecular weight is 282 g/mol. The van der Waals surface area contributed by atoms with Crippen molar-refractivity contribution >= 4 is 11.8 Å². The number of nitrogens with two attached hydrogens (primary N) is 1. The van der Waals surface area contributed by atoms with Crippen LogP contribution < -0.4 is 11.1 Å². The molecule has 6 heteroatoms. The highest BCUT2D eigenvalue weighted by atomic mass is 19.1. The number of ether oxygens (including phenoxy) is 1. The minimum Gasteiger partial charge on any atom is -0.444 e. The number of hydrogen-bond donors (Lipinski definition) is 2. The van der Waals surface area contributed by atoms with Gasteiger partial charge in [0.05, 0.1) is 17.8 Å². The van der Waals surface area contributed by atoms with Crippen LogP contribution in [0.25, 0.3) is 0 Å². The third-order valence-corrected chi connectivity index (χ3v) is 2.03. The van der Waals surface area contributed by atoms with Crippen LogP contribution in [0.4, 0.5) is 19.3 Å². The van der Waals surface area contributed by atoms with Gasteiger partial charge in [0, 0.05) is 6.07 Å². The van der Waals surface area contributed by atoms with E-state index >= 15 is 0 Å². The first-order chi connectivity index (χ1) is 9.19. The average Bonchev–Trinajstić information content (AvgIpc) is 2.28. The van der Waals surface area contributed by atoms with Crippen molar-refractivity contribution in [1.82, 2.24) is 5.32 Å². The molecule has 0 spiro atoms. The van der Waals surface area contributed by atoms with Gasteiger partial charge in [-0.2, -0.15) is 0 Å². The second-order valence-corrected chi connectivity index (χ2v) is 5.01. The predicted molar refractivity (Wildman–Crippen MR) is 71.9 cm³/mol. The SMILES string of the molecule is CC(C)(C)OC(=O)NCC#Cc1cc(F)c(N)cc1F. The maximum atomic E-state index is 13.4. The maximum Gasteiger partial charge on any atom is 0.408 e. The summed E-state index contributed by atoms with van der Waals surface area (Å²) < 4.78 is 31.5. The number of carbonyl (C=O) groups excluding carboxylic acids is 1. The van der Waals surface area contributed by atoms with E-state index in [2.05, 4.69) is 17.2 Å². The number of alkyl carbamates (subject to hydrolysis) is 1. The summed E-state index contributed by atoms with van der Waals surface area (Å²) in [6.45, 7) is 5.14. The fraction of sp³-hybridized carbons (Fsp3) is 0.357. The molecule has 0 aliphatic carbocycles. The molecule has 1 aromatic rings. The summed E-state index contributed by atoms with van der Waals surface area (Å²) in [6, 6.07) is 1.77. The molecule has 0 bridgehead atoms. The number of nitrogens with one attached hydrogen (secondary N) is 1. The molecule has 0 aliphatic heterocycles. The van der Waals surface area contributed by atoms with Gasteiger partial charge in [-0.15, -0.1) is 0 Å². The van der Waals surface area contributed by atoms with Gasteiger partial charge in [0.2, 0.25) is 0 Å². The third-order valence-electron chi connectivity index (χ3n) is 2.03. The van der Waals surface area contributed by atoms with Crippen molar-refractivity contribution in [2.24, 2.45) is 0 Å². The van der Waals surface area contributed by atoms with Gasteiger partial charge in [-0.3, -0.25) is 0 Å². The smallest absolute Gasteiger partial charge is 0.408 e. The van der Waals surface area contributed by atoms with Gasteiger partial charge in [-0.1, -0.05) is 11.8 Å². The Kier molecular flexibility index (Phi) is 4.92. The lowest BCUT2D eigenvalue weighted by Crippen LogP contribution is -2.32. The Bertz CT molecular complexity index is 569. The highest BCUT2D eigenvalue weighted by Gasteiger charge is 2.15. The number of nitrogen functional groups attached to an aromatic ring is 1. The lowest BCUT2D eigenvalue weighted by Gasteiger charge is -2.18. The van der Waals surface area contributed by atoms with E-state index in [1.54, 1.807) is 20.8 Å². The van der Waals surface area contributed by atoms with E-state index in [1.165, 1.54) is 0 Å². The van der Waals surface area contributed by atoms with Crippen LogP contribution in [0.1, 0.15) is 26.3 Å². The van der Waals surface area contributed by atoms with E-state index in [0.717, 1.165) is 12.1 Å². The van der Waals surface area contributed by atoms with E-state index in [-0.39, 0.29) is 17.8 Å². The van der Waals surface area contributed by atoms with E-state index < -0.39 is 23.3 Å². The van der Waals surface area contributed by atoms with Gasteiger partial charge in [0.25, 0.3) is 0 Å². The Labute approximate surface area is 116 Å². The van der Waals surface area contributed by atoms with Crippen molar-refractivity contribution < 1.29 is 18.3 Å². The lowest BCUT2D eigenvalue weighted by atomic mass is 10.2. The largest absolute Gasteiger partial charge is 0.444 e. The van der Waals surface area contributed by atoms with Gasteiger partial charge in [-0.05, 0) is 26.8 Å². The van der Waals surface area contributed by atoms with Crippen molar-refractivity contribution in [3.05, 3.63) is 29.3 Å². The summed E-state index contributed by atoms with van der Waals surface area (Å²) in [5.41, 5.74) is 4.20. The van der Waals surface area contributed by atoms with Crippen LogP contribution in [-0.2, 0) is 4.74 Å². The van der Waals surface area contributed by atoms with E-state index in [9.17, 15) is 13.6 Å². The van der Waals surface area contributed by atoms with E-state index in [4.69, 9.17) is 10.5 Å². The van der Waals surface area contributed by atoms with Crippen molar-refractivity contribution in [1.29, 1.82) is 0 Å². The first kappa shape index (κ1) is 15.8. The van der Waals surface area contributed by atoms with Crippen LogP contribution in [0.2, 0.25) is 0 Å². The summed E-state index contributed by atoms with van der Waals surface area (Å²) in [5.74, 6) is 3.45. The summed E-state index contributed by atoms with van der Waals surface area (Å²) in [4.78, 5) is 11.3. The van der Waals surface area contributed by atoms with Crippen LogP contribution in [0.15, 0.2) is 12.1 Å². The zero-order valence-corrected chi connectivity index (χ0v) is 11.5. The van der Waals surface area contributed by atoms with Crippen LogP contribution in [0, 0.1) is 23.5 Å². The molecule has 0 aliphatic rings. The Balaban J connectivity index is 2.60. The first-order valence-electron chi connectivity index (χ1n) is 5.89. The number of rotatable bonds is 1. The minimum absolute atomic E-state index is 0.0413. The van der Waals surface area contributed by atoms with Crippen LogP contribution in [-0.4, -0.2) is 18.2 Å². The molecule has 0 fully saturated rings. The number of anilines is 1. The van der Waals surface area contributed by atoms with Gasteiger partial charge >= 0.3 is 6.09 Å². The molecule has 0 saturated heterocycles. The second-order valence-electron chi connectivity index (χ2n) is 5.01. The molecule has 1 amide bonds. The molecule has 1 rings (SSSR count). The number of halogens is 2. The van der Waals surface area contributed by atoms with Crippen molar-refractivity contribution in [3.8, 4) is 11.8 Å². The highest BCUT2D eigenvalue weighted by molar-refractivity contribution is 5.68. The standard InChI is InChI=1S/C14H16F2N2O2/c1-14(2,3)20-13(19)18-6-4-5-9-7-11(16)12(17)8-10(9)15/h7-8H,6,17H2,1-3H3,(H,18,19). The van der Waals surface area contributed by atoms with Gasteiger partial charge in [0.15, 0.2) is 0 Å². The molecule has 0 atom stereocenters. The third kappa shape index (κ3) is 5.14. The quantitative estimate of drug-likeness (QED) is 0.614. The topological polar surface area (TPSA) is 64.3 Å². The molecule has 20 heavy (non-hydrogen) atoms. The van der Waals surface area contributed by atoms with Crippen molar-refractivity contribution in [3.63, 3.8) is 0 Å². The predicted octanol–water partition coefficient (Wildman–Crippen LogP) is 2.42. The number of carbonyl (C=O) groups is 1. The second kappa shape index (κ2) is 6.24. The Morgan fingerprint density at radius 3 is 2.60 bits per heavy atom. The molecular formula is C14H16F2N2O2. The molecule has 0 heterocycles. The van der Waals surface area contributed by atoms with Crippen LogP contribution in [0.5, 0.6) is 0 Å². The van der Waals surface area contributed by atoms with E-state index in [0.29, 0.717) is 0 Å². The summed E-state index contributed by atoms with van der Waals surface area (Å²) in [6.07, 6.45) is -0.629. The molecule has 108 valence electrons. The molecule has 0 aromatic heterocycles. The van der Waals surface area contributed by atoms with Crippen molar-refractivity contribution in [2.75, 3.05) is 12.3 Å². The molecular weight excluding hydrogens is 266 g/mol. The number of amides is 1.